The molecule has 0 radical (unpaired) electrons. The van der Waals surface area contributed by atoms with Crippen LogP contribution in [0.2, 0.25) is 5.02 Å². The van der Waals surface area contributed by atoms with E-state index in [1.54, 1.807) is 42.5 Å². The van der Waals surface area contributed by atoms with Crippen molar-refractivity contribution < 1.29 is 17.9 Å². The number of hydrogen-bond acceptors (Lipinski definition) is 5. The first-order chi connectivity index (χ1) is 17.1. The number of nitrogens with one attached hydrogen (secondary N) is 1. The Morgan fingerprint density at radius 3 is 2.61 bits per heavy atom. The molecule has 1 N–H and O–H groups in total. The van der Waals surface area contributed by atoms with Gasteiger partial charge in [0.1, 0.15) is 11.5 Å². The molecule has 3 aromatic rings. The third kappa shape index (κ3) is 5.99. The fraction of sp³-hybridized carbons (Fsp3) is 0.259. The molecule has 0 atom stereocenters. The van der Waals surface area contributed by atoms with Crippen LogP contribution in [0, 0.1) is 25.2 Å². The van der Waals surface area contributed by atoms with Gasteiger partial charge >= 0.3 is 0 Å². The molecule has 1 fully saturated rings. The van der Waals surface area contributed by atoms with Crippen molar-refractivity contribution in [1.82, 2.24) is 0 Å². The summed E-state index contributed by atoms with van der Waals surface area (Å²) in [6.45, 7) is 4.20. The number of rotatable bonds is 6. The minimum atomic E-state index is -3.30. The maximum absolute atomic E-state index is 12.8. The second kappa shape index (κ2) is 10.6. The highest BCUT2D eigenvalue weighted by atomic mass is 35.5. The van der Waals surface area contributed by atoms with Crippen LogP contribution in [0.4, 0.5) is 11.4 Å². The molecule has 0 bridgehead atoms. The summed E-state index contributed by atoms with van der Waals surface area (Å²) >= 11 is 6.08. The number of benzene rings is 3. The van der Waals surface area contributed by atoms with Crippen LogP contribution in [-0.4, -0.2) is 26.6 Å². The van der Waals surface area contributed by atoms with Crippen LogP contribution in [0.15, 0.2) is 54.6 Å². The molecule has 0 saturated carbocycles. The standard InChI is InChI=1S/C27H26ClN3O4S/c1-18-5-6-20(14-26(18)35-24-13-21(17-29)12-22(28)16-24)15-27(32)30-25-8-7-23(11-19(25)2)31-9-3-4-10-36(31,33)34/h5-8,11-14,16H,3-4,9-10,15H2,1-2H3,(H,30,32). The van der Waals surface area contributed by atoms with Gasteiger partial charge in [-0.25, -0.2) is 8.42 Å². The van der Waals surface area contributed by atoms with Gasteiger partial charge in [0.2, 0.25) is 15.9 Å². The average Bonchev–Trinajstić information content (AvgIpc) is 2.82. The van der Waals surface area contributed by atoms with Gasteiger partial charge in [-0.3, -0.25) is 9.10 Å². The molecule has 4 rings (SSSR count). The molecule has 1 saturated heterocycles. The Morgan fingerprint density at radius 2 is 1.89 bits per heavy atom. The molecular weight excluding hydrogens is 498 g/mol. The van der Waals surface area contributed by atoms with Crippen molar-refractivity contribution in [2.75, 3.05) is 21.9 Å². The summed E-state index contributed by atoms with van der Waals surface area (Å²) in [7, 11) is -3.30. The molecule has 36 heavy (non-hydrogen) atoms. The molecule has 1 heterocycles. The lowest BCUT2D eigenvalue weighted by Gasteiger charge is -2.28. The Labute approximate surface area is 216 Å². The highest BCUT2D eigenvalue weighted by molar-refractivity contribution is 7.92. The fourth-order valence-electron chi connectivity index (χ4n) is 4.08. The van der Waals surface area contributed by atoms with Gasteiger partial charge in [-0.2, -0.15) is 5.26 Å². The van der Waals surface area contributed by atoms with E-state index >= 15 is 0 Å². The number of anilines is 2. The number of hydrogen-bond donors (Lipinski definition) is 1. The summed E-state index contributed by atoms with van der Waals surface area (Å²) in [5.41, 5.74) is 4.05. The van der Waals surface area contributed by atoms with Gasteiger partial charge in [0.05, 0.1) is 29.5 Å². The molecule has 1 aliphatic rings. The van der Waals surface area contributed by atoms with Crippen LogP contribution in [0.3, 0.4) is 0 Å². The quantitative estimate of drug-likeness (QED) is 0.444. The molecule has 0 aromatic heterocycles. The van der Waals surface area contributed by atoms with Gasteiger partial charge in [-0.15, -0.1) is 0 Å². The Kier molecular flexibility index (Phi) is 7.53. The number of nitrogens with zero attached hydrogens (tertiary/aromatic N) is 2. The summed E-state index contributed by atoms with van der Waals surface area (Å²) < 4.78 is 32.2. The van der Waals surface area contributed by atoms with Crippen LogP contribution < -0.4 is 14.4 Å². The number of ether oxygens (including phenoxy) is 1. The number of nitriles is 1. The van der Waals surface area contributed by atoms with Crippen molar-refractivity contribution in [3.63, 3.8) is 0 Å². The smallest absolute Gasteiger partial charge is 0.235 e. The van der Waals surface area contributed by atoms with Gasteiger partial charge in [-0.1, -0.05) is 23.7 Å². The lowest BCUT2D eigenvalue weighted by atomic mass is 10.1. The molecule has 0 aliphatic carbocycles. The number of carbonyl (C=O) groups excluding carboxylic acids is 1. The molecule has 3 aromatic carbocycles. The highest BCUT2D eigenvalue weighted by Gasteiger charge is 2.26. The van der Waals surface area contributed by atoms with Gasteiger partial charge in [0, 0.05) is 17.3 Å². The largest absolute Gasteiger partial charge is 0.457 e. The number of sulfonamides is 1. The van der Waals surface area contributed by atoms with Crippen molar-refractivity contribution in [2.24, 2.45) is 0 Å². The lowest BCUT2D eigenvalue weighted by molar-refractivity contribution is -0.115. The zero-order chi connectivity index (χ0) is 25.9. The normalized spacial score (nSPS) is 14.7. The van der Waals surface area contributed by atoms with Crippen molar-refractivity contribution in [2.45, 2.75) is 33.1 Å². The minimum absolute atomic E-state index is 0.122. The summed E-state index contributed by atoms with van der Waals surface area (Å²) in [5.74, 6) is 0.953. The van der Waals surface area contributed by atoms with E-state index in [1.165, 1.54) is 4.31 Å². The summed E-state index contributed by atoms with van der Waals surface area (Å²) in [4.78, 5) is 12.8. The van der Waals surface area contributed by atoms with Crippen LogP contribution in [0.1, 0.15) is 35.1 Å². The number of halogens is 1. The van der Waals surface area contributed by atoms with Gasteiger partial charge in [-0.05, 0) is 85.8 Å². The van der Waals surface area contributed by atoms with E-state index in [9.17, 15) is 13.2 Å². The summed E-state index contributed by atoms with van der Waals surface area (Å²) in [5, 5.41) is 12.5. The van der Waals surface area contributed by atoms with E-state index in [1.807, 2.05) is 32.0 Å². The van der Waals surface area contributed by atoms with Crippen molar-refractivity contribution >= 4 is 38.9 Å². The van der Waals surface area contributed by atoms with E-state index in [-0.39, 0.29) is 18.1 Å². The molecular formula is C27H26ClN3O4S. The van der Waals surface area contributed by atoms with Gasteiger partial charge < -0.3 is 10.1 Å². The molecule has 7 nitrogen and oxygen atoms in total. The molecule has 9 heteroatoms. The summed E-state index contributed by atoms with van der Waals surface area (Å²) in [6.07, 6.45) is 1.63. The van der Waals surface area contributed by atoms with Crippen molar-refractivity contribution in [1.29, 1.82) is 5.26 Å². The van der Waals surface area contributed by atoms with Crippen LogP contribution in [0.25, 0.3) is 0 Å². The van der Waals surface area contributed by atoms with Crippen molar-refractivity contribution in [3.05, 3.63) is 81.9 Å². The summed E-state index contributed by atoms with van der Waals surface area (Å²) in [6, 6.07) is 17.6. The zero-order valence-corrected chi connectivity index (χ0v) is 21.6. The second-order valence-corrected chi connectivity index (χ2v) is 11.3. The zero-order valence-electron chi connectivity index (χ0n) is 20.0. The van der Waals surface area contributed by atoms with E-state index in [0.717, 1.165) is 23.1 Å². The van der Waals surface area contributed by atoms with E-state index < -0.39 is 10.0 Å². The van der Waals surface area contributed by atoms with Crippen LogP contribution >= 0.6 is 11.6 Å². The first-order valence-corrected chi connectivity index (χ1v) is 13.5. The van der Waals surface area contributed by atoms with Gasteiger partial charge in [0.15, 0.2) is 0 Å². The third-order valence-corrected chi connectivity index (χ3v) is 8.05. The van der Waals surface area contributed by atoms with E-state index in [4.69, 9.17) is 21.6 Å². The third-order valence-electron chi connectivity index (χ3n) is 5.97. The second-order valence-electron chi connectivity index (χ2n) is 8.81. The molecule has 0 unspecified atom stereocenters. The molecule has 1 aliphatic heterocycles. The first-order valence-electron chi connectivity index (χ1n) is 11.5. The highest BCUT2D eigenvalue weighted by Crippen LogP contribution is 2.30. The SMILES string of the molecule is Cc1cc(N2CCCCS2(=O)=O)ccc1NC(=O)Cc1ccc(C)c(Oc2cc(Cl)cc(C#N)c2)c1. The lowest BCUT2D eigenvalue weighted by Crippen LogP contribution is -2.37. The Hall–Kier alpha value is -3.54. The maximum Gasteiger partial charge on any atom is 0.235 e. The Bertz CT molecular complexity index is 1460. The maximum atomic E-state index is 12.8. The minimum Gasteiger partial charge on any atom is -0.457 e. The monoisotopic (exact) mass is 523 g/mol. The van der Waals surface area contributed by atoms with Crippen molar-refractivity contribution in [3.8, 4) is 17.6 Å². The topological polar surface area (TPSA) is 99.5 Å². The molecule has 1 amide bonds. The number of carbonyl (C=O) groups is 1. The molecule has 186 valence electrons. The Balaban J connectivity index is 1.46. The van der Waals surface area contributed by atoms with Gasteiger partial charge in [0.25, 0.3) is 0 Å². The predicted octanol–water partition coefficient (Wildman–Crippen LogP) is 5.73. The Morgan fingerprint density at radius 1 is 1.08 bits per heavy atom. The van der Waals surface area contributed by atoms with E-state index in [2.05, 4.69) is 5.32 Å². The number of amides is 1. The predicted molar refractivity (Wildman–Crippen MR) is 141 cm³/mol. The average molecular weight is 524 g/mol. The van der Waals surface area contributed by atoms with Crippen LogP contribution in [-0.2, 0) is 21.2 Å². The number of aryl methyl sites for hydroxylation is 2. The van der Waals surface area contributed by atoms with Crippen LogP contribution in [0.5, 0.6) is 11.5 Å². The van der Waals surface area contributed by atoms with E-state index in [0.29, 0.717) is 46.4 Å². The molecule has 0 spiro atoms. The first kappa shape index (κ1) is 25.5. The fourth-order valence-corrected chi connectivity index (χ4v) is 5.94.